The molecule has 0 radical (unpaired) electrons. The zero-order chi connectivity index (χ0) is 15.5. The lowest BCUT2D eigenvalue weighted by Crippen LogP contribution is -2.30. The molecule has 1 unspecified atom stereocenters. The van der Waals surface area contributed by atoms with Crippen LogP contribution < -0.4 is 10.6 Å². The van der Waals surface area contributed by atoms with Gasteiger partial charge in [0.25, 0.3) is 0 Å². The molecule has 2 N–H and O–H groups in total. The fourth-order valence-corrected chi connectivity index (χ4v) is 3.35. The molecule has 0 spiro atoms. The van der Waals surface area contributed by atoms with Gasteiger partial charge in [-0.05, 0) is 43.6 Å². The third-order valence-electron chi connectivity index (χ3n) is 4.60. The Kier molecular flexibility index (Phi) is 4.43. The smallest absolute Gasteiger partial charge is 0.227 e. The Hall–Kier alpha value is -1.88. The van der Waals surface area contributed by atoms with Gasteiger partial charge in [-0.25, -0.2) is 0 Å². The molecule has 1 aromatic carbocycles. The van der Waals surface area contributed by atoms with Crippen molar-refractivity contribution in [3.8, 4) is 0 Å². The van der Waals surface area contributed by atoms with Gasteiger partial charge in [0.05, 0.1) is 5.92 Å². The monoisotopic (exact) mass is 301 g/mol. The van der Waals surface area contributed by atoms with Crippen molar-refractivity contribution < 1.29 is 9.59 Å². The van der Waals surface area contributed by atoms with Crippen molar-refractivity contribution in [1.82, 2.24) is 4.90 Å². The molecule has 3 rings (SSSR count). The van der Waals surface area contributed by atoms with E-state index in [4.69, 9.17) is 5.73 Å². The molecule has 0 aliphatic carbocycles. The molecule has 2 saturated heterocycles. The van der Waals surface area contributed by atoms with E-state index in [0.717, 1.165) is 25.3 Å². The van der Waals surface area contributed by atoms with Gasteiger partial charge in [-0.3, -0.25) is 14.5 Å². The molecule has 118 valence electrons. The maximum atomic E-state index is 12.1. The normalized spacial score (nSPS) is 23.0. The average Bonchev–Trinajstić information content (AvgIpc) is 2.91. The van der Waals surface area contributed by atoms with Crippen LogP contribution in [0.4, 0.5) is 5.69 Å². The summed E-state index contributed by atoms with van der Waals surface area (Å²) in [5, 5.41) is 0. The van der Waals surface area contributed by atoms with Gasteiger partial charge in [-0.15, -0.1) is 0 Å². The maximum absolute atomic E-state index is 12.1. The number of carbonyl (C=O) groups is 2. The Bertz CT molecular complexity index is 567. The summed E-state index contributed by atoms with van der Waals surface area (Å²) in [4.78, 5) is 27.5. The molecular formula is C17H23N3O2. The lowest BCUT2D eigenvalue weighted by Gasteiger charge is -2.27. The van der Waals surface area contributed by atoms with Crippen molar-refractivity contribution in [2.24, 2.45) is 11.7 Å². The summed E-state index contributed by atoms with van der Waals surface area (Å²) in [6, 6.07) is 8.08. The predicted octanol–water partition coefficient (Wildman–Crippen LogP) is 1.51. The van der Waals surface area contributed by atoms with E-state index in [1.54, 1.807) is 4.90 Å². The van der Waals surface area contributed by atoms with Gasteiger partial charge in [-0.1, -0.05) is 18.6 Å². The minimum Gasteiger partial charge on any atom is -0.369 e. The summed E-state index contributed by atoms with van der Waals surface area (Å²) in [5.74, 6) is -0.766. The number of carbonyl (C=O) groups excluding carboxylic acids is 2. The number of amides is 2. The molecule has 5 nitrogen and oxygen atoms in total. The molecule has 2 amide bonds. The van der Waals surface area contributed by atoms with Crippen LogP contribution in [-0.2, 0) is 16.1 Å². The number of hydrogen-bond acceptors (Lipinski definition) is 3. The Labute approximate surface area is 131 Å². The molecule has 22 heavy (non-hydrogen) atoms. The van der Waals surface area contributed by atoms with Crippen molar-refractivity contribution >= 4 is 17.5 Å². The summed E-state index contributed by atoms with van der Waals surface area (Å²) in [6.07, 6.45) is 4.09. The molecule has 0 bridgehead atoms. The first kappa shape index (κ1) is 15.0. The Morgan fingerprint density at radius 2 is 2.00 bits per heavy atom. The van der Waals surface area contributed by atoms with E-state index in [1.807, 2.05) is 12.1 Å². The van der Waals surface area contributed by atoms with Gasteiger partial charge < -0.3 is 10.6 Å². The Balaban J connectivity index is 1.71. The molecular weight excluding hydrogens is 278 g/mol. The third-order valence-corrected chi connectivity index (χ3v) is 4.60. The van der Waals surface area contributed by atoms with Crippen molar-refractivity contribution in [3.63, 3.8) is 0 Å². The topological polar surface area (TPSA) is 66.6 Å². The number of piperidine rings is 1. The van der Waals surface area contributed by atoms with Gasteiger partial charge in [0, 0.05) is 25.2 Å². The van der Waals surface area contributed by atoms with E-state index in [1.165, 1.54) is 24.8 Å². The largest absolute Gasteiger partial charge is 0.369 e. The van der Waals surface area contributed by atoms with Gasteiger partial charge >= 0.3 is 0 Å². The van der Waals surface area contributed by atoms with Gasteiger partial charge in [0.2, 0.25) is 11.8 Å². The Morgan fingerprint density at radius 3 is 2.68 bits per heavy atom. The van der Waals surface area contributed by atoms with Crippen molar-refractivity contribution in [3.05, 3.63) is 29.8 Å². The summed E-state index contributed by atoms with van der Waals surface area (Å²) >= 11 is 0. The molecule has 1 aromatic rings. The first-order chi connectivity index (χ1) is 10.6. The number of likely N-dealkylation sites (tertiary alicyclic amines) is 1. The second-order valence-electron chi connectivity index (χ2n) is 6.31. The van der Waals surface area contributed by atoms with Crippen molar-refractivity contribution in [2.45, 2.75) is 32.2 Å². The molecule has 2 fully saturated rings. The lowest BCUT2D eigenvalue weighted by atomic mass is 10.1. The summed E-state index contributed by atoms with van der Waals surface area (Å²) < 4.78 is 0. The van der Waals surface area contributed by atoms with Crippen molar-refractivity contribution in [1.29, 1.82) is 0 Å². The minimum absolute atomic E-state index is 0.0149. The van der Waals surface area contributed by atoms with Crippen LogP contribution in [0.2, 0.25) is 0 Å². The third kappa shape index (κ3) is 3.30. The molecule has 2 aliphatic heterocycles. The minimum atomic E-state index is -0.389. The standard InChI is InChI=1S/C17H23N3O2/c18-17(22)14-10-16(21)20(12-14)15-6-4-5-13(9-15)11-19-7-2-1-3-8-19/h4-6,9,14H,1-3,7-8,10-12H2,(H2,18,22). The van der Waals surface area contributed by atoms with Crippen LogP contribution in [0.15, 0.2) is 24.3 Å². The fourth-order valence-electron chi connectivity index (χ4n) is 3.35. The number of nitrogens with zero attached hydrogens (tertiary/aromatic N) is 2. The number of benzene rings is 1. The number of primary amides is 1. The molecule has 2 heterocycles. The second-order valence-corrected chi connectivity index (χ2v) is 6.31. The number of rotatable bonds is 4. The summed E-state index contributed by atoms with van der Waals surface area (Å²) in [7, 11) is 0. The van der Waals surface area contributed by atoms with Crippen LogP contribution in [0.25, 0.3) is 0 Å². The molecule has 0 aromatic heterocycles. The highest BCUT2D eigenvalue weighted by atomic mass is 16.2. The summed E-state index contributed by atoms with van der Waals surface area (Å²) in [5.41, 5.74) is 7.42. The van der Waals surface area contributed by atoms with Crippen LogP contribution in [0.3, 0.4) is 0 Å². The van der Waals surface area contributed by atoms with Crippen LogP contribution in [0, 0.1) is 5.92 Å². The predicted molar refractivity (Wildman–Crippen MR) is 85.2 cm³/mol. The van der Waals surface area contributed by atoms with E-state index in [0.29, 0.717) is 6.54 Å². The second kappa shape index (κ2) is 6.48. The highest BCUT2D eigenvalue weighted by Gasteiger charge is 2.33. The average molecular weight is 301 g/mol. The molecule has 0 saturated carbocycles. The lowest BCUT2D eigenvalue weighted by molar-refractivity contribution is -0.123. The maximum Gasteiger partial charge on any atom is 0.227 e. The van der Waals surface area contributed by atoms with Gasteiger partial charge in [0.1, 0.15) is 0 Å². The van der Waals surface area contributed by atoms with Crippen LogP contribution in [-0.4, -0.2) is 36.3 Å². The Morgan fingerprint density at radius 1 is 1.23 bits per heavy atom. The first-order valence-corrected chi connectivity index (χ1v) is 8.04. The first-order valence-electron chi connectivity index (χ1n) is 8.04. The van der Waals surface area contributed by atoms with Crippen LogP contribution in [0.5, 0.6) is 0 Å². The highest BCUT2D eigenvalue weighted by molar-refractivity contribution is 6.00. The van der Waals surface area contributed by atoms with E-state index in [9.17, 15) is 9.59 Å². The van der Waals surface area contributed by atoms with Crippen LogP contribution >= 0.6 is 0 Å². The fraction of sp³-hybridized carbons (Fsp3) is 0.529. The van der Waals surface area contributed by atoms with E-state index < -0.39 is 0 Å². The summed E-state index contributed by atoms with van der Waals surface area (Å²) in [6.45, 7) is 3.63. The molecule has 5 heteroatoms. The highest BCUT2D eigenvalue weighted by Crippen LogP contribution is 2.26. The van der Waals surface area contributed by atoms with Gasteiger partial charge in [-0.2, -0.15) is 0 Å². The quantitative estimate of drug-likeness (QED) is 0.916. The SMILES string of the molecule is NC(=O)C1CC(=O)N(c2cccc(CN3CCCCC3)c2)C1. The number of anilines is 1. The van der Waals surface area contributed by atoms with E-state index in [-0.39, 0.29) is 24.2 Å². The zero-order valence-corrected chi connectivity index (χ0v) is 12.8. The van der Waals surface area contributed by atoms with Gasteiger partial charge in [0.15, 0.2) is 0 Å². The molecule has 2 aliphatic rings. The van der Waals surface area contributed by atoms with Crippen molar-refractivity contribution in [2.75, 3.05) is 24.5 Å². The molecule has 1 atom stereocenters. The van der Waals surface area contributed by atoms with Crippen LogP contribution in [0.1, 0.15) is 31.2 Å². The number of hydrogen-bond donors (Lipinski definition) is 1. The number of nitrogens with two attached hydrogens (primary N) is 1. The van der Waals surface area contributed by atoms with E-state index in [2.05, 4.69) is 17.0 Å². The zero-order valence-electron chi connectivity index (χ0n) is 12.8. The van der Waals surface area contributed by atoms with E-state index >= 15 is 0 Å².